The molecule has 6 nitrogen and oxygen atoms in total. The molecule has 204 valence electrons. The number of aliphatic carboxylic acids is 1. The molecule has 11 atom stereocenters. The molecule has 36 heavy (non-hydrogen) atoms. The average Bonchev–Trinajstić information content (AvgIpc) is 2.74. The van der Waals surface area contributed by atoms with E-state index < -0.39 is 46.6 Å². The largest absolute Gasteiger partial charge is 0.481 e. The minimum absolute atomic E-state index is 0.0762. The van der Waals surface area contributed by atoms with Crippen molar-refractivity contribution in [3.8, 4) is 0 Å². The van der Waals surface area contributed by atoms with Crippen molar-refractivity contribution in [2.24, 2.45) is 50.2 Å². The second-order valence-electron chi connectivity index (χ2n) is 15.4. The third kappa shape index (κ3) is 2.96. The summed E-state index contributed by atoms with van der Waals surface area (Å²) in [6, 6.07) is 0. The third-order valence-corrected chi connectivity index (χ3v) is 13.2. The lowest BCUT2D eigenvalue weighted by Gasteiger charge is -2.72. The maximum atomic E-state index is 12.8. The van der Waals surface area contributed by atoms with Gasteiger partial charge in [0.25, 0.3) is 0 Å². The van der Waals surface area contributed by atoms with E-state index in [0.29, 0.717) is 19.3 Å². The van der Waals surface area contributed by atoms with Gasteiger partial charge in [0.15, 0.2) is 0 Å². The number of carboxylic acids is 1. The van der Waals surface area contributed by atoms with Gasteiger partial charge in [0, 0.05) is 0 Å². The molecule has 5 rings (SSSR count). The van der Waals surface area contributed by atoms with E-state index in [2.05, 4.69) is 40.7 Å². The number of aliphatic hydroxyl groups excluding tert-OH is 4. The Bertz CT molecular complexity index is 986. The second-order valence-corrected chi connectivity index (χ2v) is 15.4. The first-order valence-corrected chi connectivity index (χ1v) is 14.1. The molecule has 4 saturated carbocycles. The van der Waals surface area contributed by atoms with Gasteiger partial charge in [-0.25, -0.2) is 0 Å². The minimum atomic E-state index is -1.36. The van der Waals surface area contributed by atoms with Crippen molar-refractivity contribution in [1.82, 2.24) is 0 Å². The summed E-state index contributed by atoms with van der Waals surface area (Å²) in [5.74, 6) is -0.784. The Morgan fingerprint density at radius 2 is 1.50 bits per heavy atom. The lowest BCUT2D eigenvalue weighted by molar-refractivity contribution is -0.241. The van der Waals surface area contributed by atoms with Crippen LogP contribution in [0.2, 0.25) is 0 Å². The number of hydrogen-bond acceptors (Lipinski definition) is 5. The van der Waals surface area contributed by atoms with E-state index in [0.717, 1.165) is 19.3 Å². The van der Waals surface area contributed by atoms with E-state index in [-0.39, 0.29) is 40.4 Å². The van der Waals surface area contributed by atoms with Crippen LogP contribution in [0.5, 0.6) is 0 Å². The van der Waals surface area contributed by atoms with Gasteiger partial charge in [-0.05, 0) is 89.8 Å². The van der Waals surface area contributed by atoms with Crippen LogP contribution in [0.15, 0.2) is 11.6 Å². The molecule has 0 aromatic carbocycles. The highest BCUT2D eigenvalue weighted by atomic mass is 16.4. The number of hydrogen-bond donors (Lipinski definition) is 5. The minimum Gasteiger partial charge on any atom is -0.481 e. The number of allylic oxidation sites excluding steroid dienone is 2. The van der Waals surface area contributed by atoms with Crippen LogP contribution < -0.4 is 0 Å². The maximum absolute atomic E-state index is 12.8. The lowest BCUT2D eigenvalue weighted by atomic mass is 9.33. The Morgan fingerprint density at radius 1 is 0.861 bits per heavy atom. The fraction of sp³-hybridized carbons (Fsp3) is 0.900. The van der Waals surface area contributed by atoms with Crippen LogP contribution in [0.4, 0.5) is 0 Å². The molecule has 5 aliphatic rings. The van der Waals surface area contributed by atoms with Crippen LogP contribution in [0, 0.1) is 50.2 Å². The molecule has 0 aliphatic heterocycles. The maximum Gasteiger partial charge on any atom is 0.312 e. The summed E-state index contributed by atoms with van der Waals surface area (Å²) in [6.45, 7) is 15.1. The zero-order valence-electron chi connectivity index (χ0n) is 23.2. The van der Waals surface area contributed by atoms with Crippen molar-refractivity contribution in [2.45, 2.75) is 118 Å². The van der Waals surface area contributed by atoms with Crippen LogP contribution in [-0.2, 0) is 4.79 Å². The average molecular weight is 505 g/mol. The first kappa shape index (κ1) is 26.6. The zero-order valence-corrected chi connectivity index (χ0v) is 23.2. The molecule has 6 heteroatoms. The van der Waals surface area contributed by atoms with Gasteiger partial charge in [-0.1, -0.05) is 60.1 Å². The first-order chi connectivity index (χ1) is 16.4. The third-order valence-electron chi connectivity index (χ3n) is 13.2. The molecule has 5 aliphatic carbocycles. The van der Waals surface area contributed by atoms with Crippen LogP contribution >= 0.6 is 0 Å². The van der Waals surface area contributed by atoms with Gasteiger partial charge >= 0.3 is 5.97 Å². The van der Waals surface area contributed by atoms with Gasteiger partial charge in [0.1, 0.15) is 5.41 Å². The topological polar surface area (TPSA) is 118 Å². The molecule has 1 unspecified atom stereocenters. The summed E-state index contributed by atoms with van der Waals surface area (Å²) in [5.41, 5.74) is -1.74. The van der Waals surface area contributed by atoms with Crippen LogP contribution in [0.3, 0.4) is 0 Å². The van der Waals surface area contributed by atoms with Gasteiger partial charge in [0.2, 0.25) is 0 Å². The number of fused-ring (bicyclic) bond motifs is 7. The summed E-state index contributed by atoms with van der Waals surface area (Å²) in [5, 5.41) is 55.0. The smallest absolute Gasteiger partial charge is 0.312 e. The molecule has 0 aromatic heterocycles. The van der Waals surface area contributed by atoms with E-state index in [9.17, 15) is 30.3 Å². The number of carbonyl (C=O) groups is 1. The van der Waals surface area contributed by atoms with Crippen molar-refractivity contribution in [1.29, 1.82) is 0 Å². The SMILES string of the molecule is CC1(C)C[C@@H]2C3=CC[C@@H]4[C@@]5(C)C[C@H](O)[C@H](O)C(C)(C)C5CC[C@@]4(C)[C@]3(C)C[C@H](O)[C@@]2(C(=O)O)C[C@@H]1O. The monoisotopic (exact) mass is 504 g/mol. The predicted molar refractivity (Wildman–Crippen MR) is 137 cm³/mol. The molecule has 4 fully saturated rings. The fourth-order valence-corrected chi connectivity index (χ4v) is 10.8. The van der Waals surface area contributed by atoms with E-state index in [1.165, 1.54) is 5.57 Å². The van der Waals surface area contributed by atoms with E-state index >= 15 is 0 Å². The highest BCUT2D eigenvalue weighted by Crippen LogP contribution is 2.75. The lowest BCUT2D eigenvalue weighted by Crippen LogP contribution is -2.69. The highest BCUT2D eigenvalue weighted by molar-refractivity contribution is 5.78. The Kier molecular flexibility index (Phi) is 5.61. The summed E-state index contributed by atoms with van der Waals surface area (Å²) < 4.78 is 0. The molecule has 0 amide bonds. The van der Waals surface area contributed by atoms with Crippen molar-refractivity contribution < 1.29 is 30.3 Å². The Labute approximate surface area is 216 Å². The first-order valence-electron chi connectivity index (χ1n) is 14.1. The molecular formula is C30H48O6. The molecule has 0 saturated heterocycles. The van der Waals surface area contributed by atoms with E-state index in [1.54, 1.807) is 0 Å². The fourth-order valence-electron chi connectivity index (χ4n) is 10.8. The number of rotatable bonds is 1. The normalized spacial score (nSPS) is 55.3. The summed E-state index contributed by atoms with van der Waals surface area (Å²) in [7, 11) is 0. The van der Waals surface area contributed by atoms with Crippen molar-refractivity contribution in [3.63, 3.8) is 0 Å². The van der Waals surface area contributed by atoms with Gasteiger partial charge in [-0.3, -0.25) is 4.79 Å². The summed E-state index contributed by atoms with van der Waals surface area (Å²) in [6.07, 6.45) is 3.24. The van der Waals surface area contributed by atoms with Crippen LogP contribution in [0.25, 0.3) is 0 Å². The molecule has 0 aromatic rings. The Hall–Kier alpha value is -0.950. The standard InChI is InChI=1S/C30H48O6/c1-25(2)12-17-16-8-9-20-27(5)13-18(31)23(34)26(3,4)19(27)10-11-28(20,6)29(16,7)14-22(33)30(17,24(35)36)15-21(25)32/h8,17-23,31-34H,9-15H2,1-7H3,(H,35,36)/t17-,18+,19?,20-,21+,22+,23+,27+,28-,29-,30-/m1/s1. The van der Waals surface area contributed by atoms with Gasteiger partial charge < -0.3 is 25.5 Å². The predicted octanol–water partition coefficient (Wildman–Crippen LogP) is 4.15. The molecule has 5 N–H and O–H groups in total. The number of aliphatic hydroxyl groups is 4. The Balaban J connectivity index is 1.64. The second kappa shape index (κ2) is 7.58. The van der Waals surface area contributed by atoms with Gasteiger partial charge in [0.05, 0.1) is 24.4 Å². The van der Waals surface area contributed by atoms with Crippen molar-refractivity contribution in [2.75, 3.05) is 0 Å². The molecule has 0 bridgehead atoms. The van der Waals surface area contributed by atoms with E-state index in [4.69, 9.17) is 0 Å². The summed E-state index contributed by atoms with van der Waals surface area (Å²) in [4.78, 5) is 12.8. The molecule has 0 spiro atoms. The zero-order chi connectivity index (χ0) is 26.9. The molecular weight excluding hydrogens is 456 g/mol. The molecule has 0 radical (unpaired) electrons. The van der Waals surface area contributed by atoms with Gasteiger partial charge in [-0.15, -0.1) is 0 Å². The van der Waals surface area contributed by atoms with Crippen molar-refractivity contribution in [3.05, 3.63) is 11.6 Å². The van der Waals surface area contributed by atoms with Crippen molar-refractivity contribution >= 4 is 5.97 Å². The highest BCUT2D eigenvalue weighted by Gasteiger charge is 2.72. The van der Waals surface area contributed by atoms with E-state index in [1.807, 2.05) is 13.8 Å². The Morgan fingerprint density at radius 3 is 2.11 bits per heavy atom. The van der Waals surface area contributed by atoms with Gasteiger partial charge in [-0.2, -0.15) is 0 Å². The van der Waals surface area contributed by atoms with Crippen LogP contribution in [-0.4, -0.2) is 55.9 Å². The summed E-state index contributed by atoms with van der Waals surface area (Å²) >= 11 is 0. The molecule has 0 heterocycles. The number of carboxylic acid groups (broad SMARTS) is 1. The quantitative estimate of drug-likeness (QED) is 0.343. The van der Waals surface area contributed by atoms with Crippen LogP contribution in [0.1, 0.15) is 93.4 Å².